The van der Waals surface area contributed by atoms with Crippen molar-refractivity contribution in [2.45, 2.75) is 6.04 Å². The third-order valence-electron chi connectivity index (χ3n) is 3.88. The van der Waals surface area contributed by atoms with Gasteiger partial charge in [0.25, 0.3) is 11.8 Å². The van der Waals surface area contributed by atoms with Gasteiger partial charge < -0.3 is 4.84 Å². The van der Waals surface area contributed by atoms with Gasteiger partial charge in [-0.25, -0.2) is 4.79 Å². The van der Waals surface area contributed by atoms with Gasteiger partial charge in [0, 0.05) is 11.3 Å². The molecule has 0 saturated heterocycles. The van der Waals surface area contributed by atoms with Gasteiger partial charge >= 0.3 is 5.97 Å². The summed E-state index contributed by atoms with van der Waals surface area (Å²) in [6, 6.07) is 15.1. The van der Waals surface area contributed by atoms with E-state index in [0.29, 0.717) is 10.8 Å². The van der Waals surface area contributed by atoms with Gasteiger partial charge in [-0.05, 0) is 12.1 Å². The maximum Gasteiger partial charge on any atom is 0.358 e. The lowest BCUT2D eigenvalue weighted by Gasteiger charge is -2.14. The van der Waals surface area contributed by atoms with Crippen molar-refractivity contribution >= 4 is 34.6 Å². The van der Waals surface area contributed by atoms with Crippen LogP contribution in [-0.2, 0) is 9.63 Å². The van der Waals surface area contributed by atoms with Crippen LogP contribution in [0.3, 0.4) is 0 Å². The number of carbonyl (C=O) groups is 3. The van der Waals surface area contributed by atoms with Crippen LogP contribution in [0.4, 0.5) is 0 Å². The standard InChI is InChI=1S/C18H12N2O4S/c21-16-12-8-4-5-9-13(12)17(22)20(16)24-18(23)14-10-25-15(19-14)11-6-2-1-3-7-11/h1-9,14H,10H2/t14-/m0/s1. The Hall–Kier alpha value is -2.93. The molecule has 0 unspecified atom stereocenters. The summed E-state index contributed by atoms with van der Waals surface area (Å²) < 4.78 is 0. The smallest absolute Gasteiger partial charge is 0.327 e. The average molecular weight is 352 g/mol. The SMILES string of the molecule is O=C(ON1C(=O)c2ccccc2C1=O)[C@@H]1CSC(c2ccccc2)=N1. The van der Waals surface area contributed by atoms with Gasteiger partial charge in [-0.1, -0.05) is 47.5 Å². The van der Waals surface area contributed by atoms with E-state index < -0.39 is 23.8 Å². The highest BCUT2D eigenvalue weighted by molar-refractivity contribution is 8.14. The molecule has 0 N–H and O–H groups in total. The molecular weight excluding hydrogens is 340 g/mol. The van der Waals surface area contributed by atoms with E-state index in [1.54, 1.807) is 12.1 Å². The number of thioether (sulfide) groups is 1. The molecule has 0 bridgehead atoms. The van der Waals surface area contributed by atoms with Gasteiger partial charge in [-0.3, -0.25) is 14.6 Å². The quantitative estimate of drug-likeness (QED) is 0.792. The number of hydrogen-bond donors (Lipinski definition) is 0. The number of hydroxylamine groups is 2. The molecule has 0 aromatic heterocycles. The van der Waals surface area contributed by atoms with E-state index >= 15 is 0 Å². The van der Waals surface area contributed by atoms with Crippen LogP contribution in [0.5, 0.6) is 0 Å². The molecule has 2 heterocycles. The summed E-state index contributed by atoms with van der Waals surface area (Å²) in [7, 11) is 0. The fourth-order valence-electron chi connectivity index (χ4n) is 2.63. The Bertz CT molecular complexity index is 875. The van der Waals surface area contributed by atoms with Gasteiger partial charge in [0.05, 0.1) is 16.2 Å². The fraction of sp³-hybridized carbons (Fsp3) is 0.111. The first-order valence-electron chi connectivity index (χ1n) is 7.61. The second-order valence-corrected chi connectivity index (χ2v) is 6.50. The van der Waals surface area contributed by atoms with Crippen LogP contribution in [0, 0.1) is 0 Å². The van der Waals surface area contributed by atoms with Crippen molar-refractivity contribution in [1.29, 1.82) is 0 Å². The zero-order chi connectivity index (χ0) is 17.4. The number of rotatable bonds is 3. The Balaban J connectivity index is 1.50. The van der Waals surface area contributed by atoms with Crippen LogP contribution in [-0.4, -0.2) is 39.7 Å². The molecule has 2 aliphatic heterocycles. The number of carbonyl (C=O) groups excluding carboxylic acids is 3. The summed E-state index contributed by atoms with van der Waals surface area (Å²) in [6.07, 6.45) is 0. The molecular formula is C18H12N2O4S. The Morgan fingerprint density at radius 3 is 2.24 bits per heavy atom. The molecule has 124 valence electrons. The number of fused-ring (bicyclic) bond motifs is 1. The van der Waals surface area contributed by atoms with Gasteiger partial charge in [0.1, 0.15) is 0 Å². The van der Waals surface area contributed by atoms with Crippen LogP contribution in [0.2, 0.25) is 0 Å². The predicted octanol–water partition coefficient (Wildman–Crippen LogP) is 2.30. The zero-order valence-electron chi connectivity index (χ0n) is 12.9. The van der Waals surface area contributed by atoms with E-state index in [1.807, 2.05) is 30.3 Å². The molecule has 25 heavy (non-hydrogen) atoms. The molecule has 2 amide bonds. The second-order valence-electron chi connectivity index (χ2n) is 5.49. The molecule has 0 spiro atoms. The van der Waals surface area contributed by atoms with Gasteiger partial charge in [0.15, 0.2) is 6.04 Å². The molecule has 7 heteroatoms. The topological polar surface area (TPSA) is 76.0 Å². The highest BCUT2D eigenvalue weighted by atomic mass is 32.2. The second kappa shape index (κ2) is 6.18. The lowest BCUT2D eigenvalue weighted by Crippen LogP contribution is -2.36. The molecule has 0 radical (unpaired) electrons. The van der Waals surface area contributed by atoms with Crippen molar-refractivity contribution in [1.82, 2.24) is 5.06 Å². The van der Waals surface area contributed by atoms with E-state index in [9.17, 15) is 14.4 Å². The van der Waals surface area contributed by atoms with Crippen molar-refractivity contribution in [3.05, 3.63) is 71.3 Å². The largest absolute Gasteiger partial charge is 0.358 e. The van der Waals surface area contributed by atoms with Crippen molar-refractivity contribution in [3.63, 3.8) is 0 Å². The number of nitrogens with zero attached hydrogens (tertiary/aromatic N) is 2. The van der Waals surface area contributed by atoms with Crippen LogP contribution < -0.4 is 0 Å². The molecule has 4 rings (SSSR count). The molecule has 2 aromatic rings. The lowest BCUT2D eigenvalue weighted by molar-refractivity contribution is -0.169. The summed E-state index contributed by atoms with van der Waals surface area (Å²) in [4.78, 5) is 46.2. The Morgan fingerprint density at radius 1 is 1.00 bits per heavy atom. The fourth-order valence-corrected chi connectivity index (χ4v) is 3.67. The average Bonchev–Trinajstić information content (AvgIpc) is 3.23. The van der Waals surface area contributed by atoms with Crippen LogP contribution >= 0.6 is 11.8 Å². The van der Waals surface area contributed by atoms with Gasteiger partial charge in [-0.15, -0.1) is 11.8 Å². The number of imide groups is 1. The zero-order valence-corrected chi connectivity index (χ0v) is 13.7. The summed E-state index contributed by atoms with van der Waals surface area (Å²) in [6.45, 7) is 0. The van der Waals surface area contributed by atoms with E-state index in [2.05, 4.69) is 4.99 Å². The normalized spacial score (nSPS) is 19.0. The van der Waals surface area contributed by atoms with E-state index in [1.165, 1.54) is 23.9 Å². The Morgan fingerprint density at radius 2 is 1.60 bits per heavy atom. The van der Waals surface area contributed by atoms with Crippen molar-refractivity contribution in [2.75, 3.05) is 5.75 Å². The van der Waals surface area contributed by atoms with E-state index in [4.69, 9.17) is 4.84 Å². The maximum absolute atomic E-state index is 12.3. The summed E-state index contributed by atoms with van der Waals surface area (Å²) in [5, 5.41) is 1.26. The number of aliphatic imine (C=N–C) groups is 1. The van der Waals surface area contributed by atoms with Crippen LogP contribution in [0.1, 0.15) is 26.3 Å². The maximum atomic E-state index is 12.3. The highest BCUT2D eigenvalue weighted by Gasteiger charge is 2.40. The molecule has 6 nitrogen and oxygen atoms in total. The van der Waals surface area contributed by atoms with E-state index in [0.717, 1.165) is 10.6 Å². The third-order valence-corrected chi connectivity index (χ3v) is 4.98. The molecule has 2 aliphatic rings. The van der Waals surface area contributed by atoms with Crippen LogP contribution in [0.25, 0.3) is 0 Å². The molecule has 1 atom stereocenters. The Kier molecular flexibility index (Phi) is 3.85. The molecule has 0 aliphatic carbocycles. The Labute approximate surface area is 147 Å². The molecule has 0 fully saturated rings. The number of amides is 2. The summed E-state index contributed by atoms with van der Waals surface area (Å²) >= 11 is 1.44. The first-order chi connectivity index (χ1) is 12.1. The van der Waals surface area contributed by atoms with Gasteiger partial charge in [-0.2, -0.15) is 0 Å². The third kappa shape index (κ3) is 2.72. The summed E-state index contributed by atoms with van der Waals surface area (Å²) in [5.74, 6) is -1.57. The number of benzene rings is 2. The minimum atomic E-state index is -0.746. The van der Waals surface area contributed by atoms with Crippen molar-refractivity contribution in [3.8, 4) is 0 Å². The minimum absolute atomic E-state index is 0.231. The first kappa shape index (κ1) is 15.6. The molecule has 0 saturated carbocycles. The van der Waals surface area contributed by atoms with Crippen molar-refractivity contribution in [2.24, 2.45) is 4.99 Å². The van der Waals surface area contributed by atoms with Gasteiger partial charge in [0.2, 0.25) is 0 Å². The van der Waals surface area contributed by atoms with E-state index in [-0.39, 0.29) is 11.1 Å². The number of hydrogen-bond acceptors (Lipinski definition) is 6. The van der Waals surface area contributed by atoms with Crippen molar-refractivity contribution < 1.29 is 19.2 Å². The highest BCUT2D eigenvalue weighted by Crippen LogP contribution is 2.26. The predicted molar refractivity (Wildman–Crippen MR) is 92.3 cm³/mol. The minimum Gasteiger partial charge on any atom is -0.327 e. The van der Waals surface area contributed by atoms with Crippen LogP contribution in [0.15, 0.2) is 59.6 Å². The lowest BCUT2D eigenvalue weighted by atomic mass is 10.1. The molecule has 2 aromatic carbocycles. The first-order valence-corrected chi connectivity index (χ1v) is 8.59. The monoisotopic (exact) mass is 352 g/mol. The summed E-state index contributed by atoms with van der Waals surface area (Å²) in [5.41, 5.74) is 1.38.